The molecule has 0 rings (SSSR count). The predicted molar refractivity (Wildman–Crippen MR) is 11.7 cm³/mol. The van der Waals surface area contributed by atoms with Gasteiger partial charge in [0, 0.05) is 0 Å². The molecule has 0 N–H and O–H groups in total. The molecule has 0 radical (unpaired) electrons. The van der Waals surface area contributed by atoms with Crippen LogP contribution in [0.15, 0.2) is 0 Å². The van der Waals surface area contributed by atoms with Crippen molar-refractivity contribution in [2.24, 2.45) is 0 Å². The third-order valence-electron chi connectivity index (χ3n) is 0. The largest absolute Gasteiger partial charge is 4.00 e. The molecule has 8 heteroatoms. The van der Waals surface area contributed by atoms with Crippen LogP contribution >= 0.6 is 19.1 Å². The fraction of sp³-hybridized carbons (Fsp3) is 0. The quantitative estimate of drug-likeness (QED) is 0.374. The summed E-state index contributed by atoms with van der Waals surface area (Å²) < 4.78 is 0. The summed E-state index contributed by atoms with van der Waals surface area (Å²) in [5.74, 6) is 0. The minimum absolute atomic E-state index is 0. The molecule has 0 unspecified atom stereocenters. The van der Waals surface area contributed by atoms with E-state index in [4.69, 9.17) is 19.1 Å². The van der Waals surface area contributed by atoms with Crippen LogP contribution in [0.3, 0.4) is 0 Å². The molecule has 0 aromatic heterocycles. The van der Waals surface area contributed by atoms with Crippen LogP contribution in [0, 0.1) is 0 Å². The second kappa shape index (κ2) is 49.6. The molecule has 56 valence electrons. The maximum Gasteiger partial charge on any atom is 4.00 e. The number of hydrogen-bond acceptors (Lipinski definition) is 0. The third kappa shape index (κ3) is 61.8. The van der Waals surface area contributed by atoms with Gasteiger partial charge in [0.05, 0.1) is 0 Å². The van der Waals surface area contributed by atoms with Crippen molar-refractivity contribution in [1.29, 1.82) is 0 Å². The minimum atomic E-state index is -0.106. The van der Waals surface area contributed by atoms with Gasteiger partial charge in [0.25, 0.3) is 0 Å². The number of rotatable bonds is 0. The average molecular weight is 367 g/mol. The molecular formula is Cl6PdTi. The number of halogens is 6. The van der Waals surface area contributed by atoms with Crippen LogP contribution in [-0.4, -0.2) is 0 Å². The van der Waals surface area contributed by atoms with Crippen LogP contribution < -0.4 is 49.6 Å². The van der Waals surface area contributed by atoms with Crippen molar-refractivity contribution < 1.29 is 87.3 Å². The smallest absolute Gasteiger partial charge is 4.00 e. The Morgan fingerprint density at radius 3 is 0.750 bits per heavy atom. The molecule has 0 amide bonds. The van der Waals surface area contributed by atoms with E-state index < -0.39 is 0 Å². The molecule has 0 saturated carbocycles. The Balaban J connectivity index is -0.00000000200. The monoisotopic (exact) mass is 364 g/mol. The number of hydrogen-bond donors (Lipinski definition) is 0. The molecule has 0 nitrogen and oxygen atoms in total. The Morgan fingerprint density at radius 1 is 0.750 bits per heavy atom. The molecule has 0 bridgehead atoms. The van der Waals surface area contributed by atoms with Gasteiger partial charge in [-0.2, -0.15) is 0 Å². The first-order valence-corrected chi connectivity index (χ1v) is 4.24. The second-order valence-electron chi connectivity index (χ2n) is 0.0452. The molecule has 0 aliphatic carbocycles. The molecule has 0 spiro atoms. The van der Waals surface area contributed by atoms with Gasteiger partial charge in [-0.05, 0) is 0 Å². The van der Waals surface area contributed by atoms with Gasteiger partial charge in [-0.25, -0.2) is 0 Å². The van der Waals surface area contributed by atoms with Crippen LogP contribution in [0.4, 0.5) is 0 Å². The van der Waals surface area contributed by atoms with E-state index in [0.717, 1.165) is 0 Å². The Kier molecular flexibility index (Phi) is 270. The van der Waals surface area contributed by atoms with Crippen molar-refractivity contribution in [2.75, 3.05) is 0 Å². The summed E-state index contributed by atoms with van der Waals surface area (Å²) in [4.78, 5) is 0. The fourth-order valence-corrected chi connectivity index (χ4v) is 0. The zero-order chi connectivity index (χ0) is 2.71. The Labute approximate surface area is 105 Å². The standard InChI is InChI=1S/6ClH.Pd.Ti/h6*1H;;/q;;;;;;+2;+4/p-6. The predicted octanol–water partition coefficient (Wildman–Crippen LogP) is -10.6. The van der Waals surface area contributed by atoms with Gasteiger partial charge in [-0.1, -0.05) is 0 Å². The Bertz CT molecular complexity index is 8.49. The zero-order valence-electron chi connectivity index (χ0n) is 3.08. The van der Waals surface area contributed by atoms with Gasteiger partial charge in [0.15, 0.2) is 0 Å². The normalized spacial score (nSPS) is 2.75. The summed E-state index contributed by atoms with van der Waals surface area (Å²) in [7, 11) is 9.63. The molecular weight excluding hydrogens is 367 g/mol. The van der Waals surface area contributed by atoms with Gasteiger partial charge < -0.3 is 49.6 Å². The molecule has 8 heavy (non-hydrogen) atoms. The molecule has 0 saturated heterocycles. The summed E-state index contributed by atoms with van der Waals surface area (Å²) in [5, 5.41) is 0. The summed E-state index contributed by atoms with van der Waals surface area (Å²) in [5.41, 5.74) is 0. The summed E-state index contributed by atoms with van der Waals surface area (Å²) in [6.07, 6.45) is 0. The molecule has 0 fully saturated rings. The summed E-state index contributed by atoms with van der Waals surface area (Å²) in [6, 6.07) is 0. The molecule has 0 aliphatic rings. The van der Waals surface area contributed by atoms with Gasteiger partial charge in [-0.3, -0.25) is 0 Å². The van der Waals surface area contributed by atoms with Crippen molar-refractivity contribution in [2.45, 2.75) is 0 Å². The van der Waals surface area contributed by atoms with E-state index in [-0.39, 0.29) is 87.3 Å². The zero-order valence-corrected chi connectivity index (χ0v) is 10.7. The van der Waals surface area contributed by atoms with Crippen molar-refractivity contribution >= 4 is 19.1 Å². The van der Waals surface area contributed by atoms with E-state index in [2.05, 4.69) is 0 Å². The molecule has 0 aromatic rings. The maximum atomic E-state index is 4.81. The summed E-state index contributed by atoms with van der Waals surface area (Å²) in [6.45, 7) is 0. The van der Waals surface area contributed by atoms with Crippen molar-refractivity contribution in [3.63, 3.8) is 0 Å². The maximum absolute atomic E-state index is 4.81. The molecule has 0 atom stereocenters. The van der Waals surface area contributed by atoms with Gasteiger partial charge >= 0.3 is 56.7 Å². The first-order valence-electron chi connectivity index (χ1n) is 0.239. The van der Waals surface area contributed by atoms with Gasteiger partial charge in [0.2, 0.25) is 0 Å². The molecule has 0 aromatic carbocycles. The van der Waals surface area contributed by atoms with Crippen molar-refractivity contribution in [3.05, 3.63) is 0 Å². The summed E-state index contributed by atoms with van der Waals surface area (Å²) >= 11 is -0.106. The van der Waals surface area contributed by atoms with Gasteiger partial charge in [-0.15, -0.1) is 0 Å². The van der Waals surface area contributed by atoms with E-state index >= 15 is 0 Å². The first kappa shape index (κ1) is 43.5. The fourth-order valence-electron chi connectivity index (χ4n) is 0. The van der Waals surface area contributed by atoms with Crippen molar-refractivity contribution in [3.8, 4) is 0 Å². The van der Waals surface area contributed by atoms with E-state index in [1.807, 2.05) is 0 Å². The SMILES string of the molecule is [Cl-].[Cl-].[Cl-].[Cl-].[Cl][Pd][Cl].[Ti+4]. The third-order valence-corrected chi connectivity index (χ3v) is 0. The second-order valence-corrected chi connectivity index (χ2v) is 2.41. The minimum Gasteiger partial charge on any atom is 4.00 e. The van der Waals surface area contributed by atoms with E-state index in [1.54, 1.807) is 0 Å². The Hall–Kier alpha value is 3.12. The first-order chi connectivity index (χ1) is 1.41. The van der Waals surface area contributed by atoms with Crippen LogP contribution in [-0.2, 0) is 37.7 Å². The van der Waals surface area contributed by atoms with Crippen LogP contribution in [0.25, 0.3) is 0 Å². The topological polar surface area (TPSA) is 0 Å². The van der Waals surface area contributed by atoms with E-state index in [0.29, 0.717) is 0 Å². The van der Waals surface area contributed by atoms with E-state index in [1.165, 1.54) is 0 Å². The average Bonchev–Trinajstić information content (AvgIpc) is 0.918. The van der Waals surface area contributed by atoms with Gasteiger partial charge in [0.1, 0.15) is 0 Å². The molecule has 0 heterocycles. The van der Waals surface area contributed by atoms with Crippen molar-refractivity contribution in [1.82, 2.24) is 0 Å². The van der Waals surface area contributed by atoms with Crippen LogP contribution in [0.1, 0.15) is 0 Å². The van der Waals surface area contributed by atoms with E-state index in [9.17, 15) is 0 Å². The van der Waals surface area contributed by atoms with Crippen LogP contribution in [0.5, 0.6) is 0 Å². The molecule has 0 aliphatic heterocycles. The Morgan fingerprint density at radius 2 is 0.750 bits per heavy atom. The van der Waals surface area contributed by atoms with Crippen LogP contribution in [0.2, 0.25) is 0 Å².